The number of nitrogens with zero attached hydrogens (tertiary/aromatic N) is 1. The van der Waals surface area contributed by atoms with Crippen LogP contribution >= 0.6 is 0 Å². The molecular formula is C24H30N2O7S. The minimum absolute atomic E-state index is 0.0276. The van der Waals surface area contributed by atoms with Crippen LogP contribution in [0.1, 0.15) is 30.0 Å². The number of sulfonamides is 1. The zero-order chi connectivity index (χ0) is 25.2. The highest BCUT2D eigenvalue weighted by atomic mass is 32.2. The van der Waals surface area contributed by atoms with Crippen LogP contribution in [0.4, 0.5) is 5.69 Å². The van der Waals surface area contributed by atoms with Gasteiger partial charge in [0.05, 0.1) is 23.8 Å². The lowest BCUT2D eigenvalue weighted by Gasteiger charge is -2.24. The Bertz CT molecular complexity index is 1200. The van der Waals surface area contributed by atoms with Crippen LogP contribution in [0.3, 0.4) is 0 Å². The maximum atomic E-state index is 13.2. The number of aliphatic hydroxyl groups excluding tert-OH is 1. The Morgan fingerprint density at radius 1 is 1.12 bits per heavy atom. The molecule has 0 radical (unpaired) electrons. The topological polar surface area (TPSA) is 122 Å². The molecule has 0 aromatic heterocycles. The molecule has 10 heteroatoms. The molecule has 0 aliphatic carbocycles. The van der Waals surface area contributed by atoms with Gasteiger partial charge in [-0.15, -0.1) is 0 Å². The Morgan fingerprint density at radius 3 is 2.47 bits per heavy atom. The highest BCUT2D eigenvalue weighted by Gasteiger charge is 2.45. The van der Waals surface area contributed by atoms with Crippen LogP contribution in [-0.2, 0) is 24.3 Å². The standard InChI is InChI=1S/C24H30N2O7S/c1-14-6-9-22(32-5)20(10-14)25-23(28)17(4)33-24(29)21-12-18(27)13-26(21)34(30,31)19-8-7-15(2)16(3)11-19/h6-11,17-18,21,27H,12-13H2,1-5H3,(H,25,28)/t17-,18+,21-/m0/s1. The van der Waals surface area contributed by atoms with Gasteiger partial charge < -0.3 is 19.9 Å². The summed E-state index contributed by atoms with van der Waals surface area (Å²) in [6.07, 6.45) is -2.36. The first-order valence-electron chi connectivity index (χ1n) is 10.9. The van der Waals surface area contributed by atoms with Gasteiger partial charge in [-0.05, 0) is 68.7 Å². The van der Waals surface area contributed by atoms with Crippen molar-refractivity contribution in [2.24, 2.45) is 0 Å². The minimum Gasteiger partial charge on any atom is -0.495 e. The van der Waals surface area contributed by atoms with E-state index < -0.39 is 40.1 Å². The molecule has 1 aliphatic rings. The fourth-order valence-corrected chi connectivity index (χ4v) is 5.45. The molecule has 3 atom stereocenters. The summed E-state index contributed by atoms with van der Waals surface area (Å²) < 4.78 is 38.0. The van der Waals surface area contributed by atoms with Crippen molar-refractivity contribution in [3.05, 3.63) is 53.1 Å². The molecule has 2 N–H and O–H groups in total. The van der Waals surface area contributed by atoms with E-state index in [1.54, 1.807) is 25.1 Å². The quantitative estimate of drug-likeness (QED) is 0.571. The van der Waals surface area contributed by atoms with Crippen LogP contribution in [0.25, 0.3) is 0 Å². The first-order chi connectivity index (χ1) is 15.9. The average Bonchev–Trinajstić information content (AvgIpc) is 3.18. The van der Waals surface area contributed by atoms with Crippen LogP contribution in [0.15, 0.2) is 41.3 Å². The van der Waals surface area contributed by atoms with Crippen LogP contribution < -0.4 is 10.1 Å². The van der Waals surface area contributed by atoms with E-state index in [9.17, 15) is 23.1 Å². The van der Waals surface area contributed by atoms with Crippen molar-refractivity contribution in [2.75, 3.05) is 19.0 Å². The number of aryl methyl sites for hydroxylation is 3. The molecule has 9 nitrogen and oxygen atoms in total. The van der Waals surface area contributed by atoms with Gasteiger partial charge in [-0.25, -0.2) is 8.42 Å². The number of β-amino-alcohol motifs (C(OH)–C–C–N with tert-alkyl or cyclic N) is 1. The lowest BCUT2D eigenvalue weighted by atomic mass is 10.1. The summed E-state index contributed by atoms with van der Waals surface area (Å²) in [5, 5.41) is 12.8. The number of methoxy groups -OCH3 is 1. The van der Waals surface area contributed by atoms with Gasteiger partial charge >= 0.3 is 5.97 Å². The molecule has 184 valence electrons. The Labute approximate surface area is 199 Å². The zero-order valence-corrected chi connectivity index (χ0v) is 20.7. The fourth-order valence-electron chi connectivity index (χ4n) is 3.73. The third kappa shape index (κ3) is 5.40. The van der Waals surface area contributed by atoms with Gasteiger partial charge in [0.15, 0.2) is 6.10 Å². The summed E-state index contributed by atoms with van der Waals surface area (Å²) in [6, 6.07) is 8.69. The van der Waals surface area contributed by atoms with Crippen LogP contribution in [0, 0.1) is 20.8 Å². The number of hydrogen-bond donors (Lipinski definition) is 2. The highest BCUT2D eigenvalue weighted by Crippen LogP contribution is 2.29. The Balaban J connectivity index is 1.75. The Kier molecular flexibility index (Phi) is 7.64. The molecule has 0 bridgehead atoms. The van der Waals surface area contributed by atoms with Gasteiger partial charge in [0, 0.05) is 13.0 Å². The molecule has 1 aliphatic heterocycles. The summed E-state index contributed by atoms with van der Waals surface area (Å²) in [7, 11) is -2.60. The Hall–Kier alpha value is -2.95. The predicted octanol–water partition coefficient (Wildman–Crippen LogP) is 2.31. The molecule has 1 heterocycles. The molecule has 1 amide bonds. The van der Waals surface area contributed by atoms with E-state index in [0.29, 0.717) is 11.4 Å². The third-order valence-corrected chi connectivity index (χ3v) is 7.74. The molecule has 2 aromatic carbocycles. The van der Waals surface area contributed by atoms with Crippen molar-refractivity contribution >= 4 is 27.6 Å². The van der Waals surface area contributed by atoms with Crippen molar-refractivity contribution in [2.45, 2.75) is 57.3 Å². The van der Waals surface area contributed by atoms with E-state index in [1.807, 2.05) is 19.9 Å². The van der Waals surface area contributed by atoms with E-state index >= 15 is 0 Å². The van der Waals surface area contributed by atoms with Crippen molar-refractivity contribution in [3.8, 4) is 5.75 Å². The number of aliphatic hydroxyl groups is 1. The first kappa shape index (κ1) is 25.7. The summed E-state index contributed by atoms with van der Waals surface area (Å²) in [5.74, 6) is -1.05. The van der Waals surface area contributed by atoms with Gasteiger partial charge in [-0.2, -0.15) is 4.31 Å². The highest BCUT2D eigenvalue weighted by molar-refractivity contribution is 7.89. The molecule has 0 unspecified atom stereocenters. The fraction of sp³-hybridized carbons (Fsp3) is 0.417. The van der Waals surface area contributed by atoms with Crippen LogP contribution in [0.5, 0.6) is 5.75 Å². The van der Waals surface area contributed by atoms with Crippen LogP contribution in [0.2, 0.25) is 0 Å². The molecule has 3 rings (SSSR count). The summed E-state index contributed by atoms with van der Waals surface area (Å²) in [6.45, 7) is 6.67. The minimum atomic E-state index is -4.07. The van der Waals surface area contributed by atoms with E-state index in [4.69, 9.17) is 9.47 Å². The molecule has 0 spiro atoms. The number of hydrogen-bond acceptors (Lipinski definition) is 7. The molecule has 1 saturated heterocycles. The summed E-state index contributed by atoms with van der Waals surface area (Å²) in [5.41, 5.74) is 3.04. The second-order valence-electron chi connectivity index (χ2n) is 8.50. The maximum Gasteiger partial charge on any atom is 0.325 e. The number of ether oxygens (including phenoxy) is 2. The molecule has 34 heavy (non-hydrogen) atoms. The second-order valence-corrected chi connectivity index (χ2v) is 10.4. The van der Waals surface area contributed by atoms with Crippen molar-refractivity contribution in [3.63, 3.8) is 0 Å². The smallest absolute Gasteiger partial charge is 0.325 e. The number of amides is 1. The van der Waals surface area contributed by atoms with E-state index in [0.717, 1.165) is 21.0 Å². The van der Waals surface area contributed by atoms with Gasteiger partial charge in [-0.3, -0.25) is 9.59 Å². The Morgan fingerprint density at radius 2 is 1.82 bits per heavy atom. The van der Waals surface area contributed by atoms with Crippen LogP contribution in [-0.4, -0.2) is 61.6 Å². The summed E-state index contributed by atoms with van der Waals surface area (Å²) in [4.78, 5) is 25.6. The second kappa shape index (κ2) is 10.1. The van der Waals surface area contributed by atoms with Gasteiger partial charge in [0.25, 0.3) is 5.91 Å². The van der Waals surface area contributed by atoms with Crippen molar-refractivity contribution in [1.82, 2.24) is 4.31 Å². The lowest BCUT2D eigenvalue weighted by Crippen LogP contribution is -2.43. The number of esters is 1. The largest absolute Gasteiger partial charge is 0.495 e. The van der Waals surface area contributed by atoms with E-state index in [-0.39, 0.29) is 17.9 Å². The number of anilines is 1. The molecule has 2 aromatic rings. The molecular weight excluding hydrogens is 460 g/mol. The number of benzene rings is 2. The number of carbonyl (C=O) groups is 2. The third-order valence-electron chi connectivity index (χ3n) is 5.87. The normalized spacial score (nSPS) is 19.5. The SMILES string of the molecule is COc1ccc(C)cc1NC(=O)[C@H](C)OC(=O)[C@@H]1C[C@@H](O)CN1S(=O)(=O)c1ccc(C)c(C)c1. The van der Waals surface area contributed by atoms with Gasteiger partial charge in [-0.1, -0.05) is 12.1 Å². The predicted molar refractivity (Wildman–Crippen MR) is 126 cm³/mol. The monoisotopic (exact) mass is 490 g/mol. The average molecular weight is 491 g/mol. The zero-order valence-electron chi connectivity index (χ0n) is 19.9. The van der Waals surface area contributed by atoms with E-state index in [2.05, 4.69) is 5.32 Å². The van der Waals surface area contributed by atoms with Gasteiger partial charge in [0.1, 0.15) is 11.8 Å². The van der Waals surface area contributed by atoms with Crippen molar-refractivity contribution < 1.29 is 32.6 Å². The summed E-state index contributed by atoms with van der Waals surface area (Å²) >= 11 is 0. The molecule has 1 fully saturated rings. The van der Waals surface area contributed by atoms with Crippen molar-refractivity contribution in [1.29, 1.82) is 0 Å². The molecule has 0 saturated carbocycles. The first-order valence-corrected chi connectivity index (χ1v) is 12.3. The number of nitrogens with one attached hydrogen (secondary N) is 1. The maximum absolute atomic E-state index is 13.2. The van der Waals surface area contributed by atoms with Gasteiger partial charge in [0.2, 0.25) is 10.0 Å². The lowest BCUT2D eigenvalue weighted by molar-refractivity contribution is -0.156. The number of rotatable bonds is 7. The van der Waals surface area contributed by atoms with E-state index in [1.165, 1.54) is 26.2 Å². The number of carbonyl (C=O) groups excluding carboxylic acids is 2.